The number of carbonyl (C=O) groups excluding carboxylic acids is 1. The normalized spacial score (nSPS) is 11.0. The second kappa shape index (κ2) is 10.6. The van der Waals surface area contributed by atoms with E-state index in [1.807, 2.05) is 30.3 Å². The van der Waals surface area contributed by atoms with E-state index in [2.05, 4.69) is 53.4 Å². The zero-order chi connectivity index (χ0) is 19.6. The molecule has 1 amide bonds. The molecule has 0 radical (unpaired) electrons. The van der Waals surface area contributed by atoms with Gasteiger partial charge in [-0.05, 0) is 39.4 Å². The Hall–Kier alpha value is -2.47. The maximum Gasteiger partial charge on any atom is 0.270 e. The fourth-order valence-electron chi connectivity index (χ4n) is 2.55. The predicted molar refractivity (Wildman–Crippen MR) is 111 cm³/mol. The summed E-state index contributed by atoms with van der Waals surface area (Å²) in [5.41, 5.74) is 1.29. The van der Waals surface area contributed by atoms with Gasteiger partial charge in [-0.3, -0.25) is 4.79 Å². The van der Waals surface area contributed by atoms with E-state index in [1.54, 1.807) is 6.07 Å². The highest BCUT2D eigenvalue weighted by molar-refractivity contribution is 5.93. The number of hydrogen-bond donors (Lipinski definition) is 2. The zero-order valence-electron chi connectivity index (χ0n) is 16.8. The summed E-state index contributed by atoms with van der Waals surface area (Å²) in [7, 11) is 4.11. The van der Waals surface area contributed by atoms with E-state index in [0.29, 0.717) is 29.8 Å². The lowest BCUT2D eigenvalue weighted by Crippen LogP contribution is -2.26. The number of benzene rings is 1. The van der Waals surface area contributed by atoms with Gasteiger partial charge in [0.15, 0.2) is 5.82 Å². The summed E-state index contributed by atoms with van der Waals surface area (Å²) in [6.45, 7) is 6.71. The van der Waals surface area contributed by atoms with Gasteiger partial charge in [-0.25, -0.2) is 9.97 Å². The van der Waals surface area contributed by atoms with Crippen LogP contribution in [0, 0.1) is 5.92 Å². The van der Waals surface area contributed by atoms with Gasteiger partial charge in [0.05, 0.1) is 0 Å². The number of nitrogens with zero attached hydrogens (tertiary/aromatic N) is 3. The van der Waals surface area contributed by atoms with Crippen LogP contribution in [-0.2, 0) is 0 Å². The highest BCUT2D eigenvalue weighted by Gasteiger charge is 2.13. The summed E-state index contributed by atoms with van der Waals surface area (Å²) in [5, 5.41) is 6.28. The van der Waals surface area contributed by atoms with E-state index in [1.165, 1.54) is 0 Å². The highest BCUT2D eigenvalue weighted by Crippen LogP contribution is 2.18. The van der Waals surface area contributed by atoms with Crippen molar-refractivity contribution in [3.63, 3.8) is 0 Å². The molecule has 0 aliphatic carbocycles. The standard InChI is InChI=1S/C21H31N5O/c1-16(2)11-13-23-21(27)18-15-19(22-12-8-14-26(3)4)25-20(24-18)17-9-6-5-7-10-17/h5-7,9-10,15-16H,8,11-14H2,1-4H3,(H,23,27)(H,22,24,25). The summed E-state index contributed by atoms with van der Waals surface area (Å²) >= 11 is 0. The van der Waals surface area contributed by atoms with Gasteiger partial charge in [0.1, 0.15) is 11.5 Å². The average molecular weight is 370 g/mol. The Balaban J connectivity index is 2.16. The summed E-state index contributed by atoms with van der Waals surface area (Å²) in [5.74, 6) is 1.62. The van der Waals surface area contributed by atoms with Crippen molar-refractivity contribution in [3.05, 3.63) is 42.1 Å². The van der Waals surface area contributed by atoms with Crippen molar-refractivity contribution in [1.82, 2.24) is 20.2 Å². The molecule has 0 aliphatic rings. The Morgan fingerprint density at radius 1 is 1.11 bits per heavy atom. The van der Waals surface area contributed by atoms with Crippen LogP contribution in [0.25, 0.3) is 11.4 Å². The molecule has 146 valence electrons. The van der Waals surface area contributed by atoms with Crippen LogP contribution in [-0.4, -0.2) is 54.5 Å². The molecule has 1 aromatic heterocycles. The Bertz CT molecular complexity index is 716. The van der Waals surface area contributed by atoms with E-state index in [9.17, 15) is 4.79 Å². The van der Waals surface area contributed by atoms with Crippen molar-refractivity contribution in [3.8, 4) is 11.4 Å². The van der Waals surface area contributed by atoms with Gasteiger partial charge < -0.3 is 15.5 Å². The Morgan fingerprint density at radius 3 is 2.52 bits per heavy atom. The third-order valence-electron chi connectivity index (χ3n) is 4.09. The molecule has 0 saturated carbocycles. The fourth-order valence-corrected chi connectivity index (χ4v) is 2.55. The van der Waals surface area contributed by atoms with E-state index < -0.39 is 0 Å². The van der Waals surface area contributed by atoms with Crippen molar-refractivity contribution in [1.29, 1.82) is 0 Å². The first-order chi connectivity index (χ1) is 13.0. The molecule has 0 aliphatic heterocycles. The molecule has 0 spiro atoms. The van der Waals surface area contributed by atoms with E-state index in [0.717, 1.165) is 31.5 Å². The number of anilines is 1. The van der Waals surface area contributed by atoms with Crippen LogP contribution in [0.15, 0.2) is 36.4 Å². The molecular formula is C21H31N5O. The molecule has 2 N–H and O–H groups in total. The second-order valence-corrected chi connectivity index (χ2v) is 7.35. The third kappa shape index (κ3) is 7.35. The smallest absolute Gasteiger partial charge is 0.270 e. The van der Waals surface area contributed by atoms with Crippen LogP contribution in [0.4, 0.5) is 5.82 Å². The molecule has 6 nitrogen and oxygen atoms in total. The molecule has 0 saturated heterocycles. The van der Waals surface area contributed by atoms with Crippen LogP contribution in [0.3, 0.4) is 0 Å². The molecule has 0 bridgehead atoms. The fraction of sp³-hybridized carbons (Fsp3) is 0.476. The highest BCUT2D eigenvalue weighted by atomic mass is 16.1. The number of nitrogens with one attached hydrogen (secondary N) is 2. The summed E-state index contributed by atoms with van der Waals surface area (Å²) in [6, 6.07) is 11.5. The summed E-state index contributed by atoms with van der Waals surface area (Å²) in [6.07, 6.45) is 1.94. The second-order valence-electron chi connectivity index (χ2n) is 7.35. The number of rotatable bonds is 10. The van der Waals surface area contributed by atoms with E-state index in [4.69, 9.17) is 0 Å². The lowest BCUT2D eigenvalue weighted by molar-refractivity contribution is 0.0947. The number of aromatic nitrogens is 2. The molecule has 2 rings (SSSR count). The predicted octanol–water partition coefficient (Wildman–Crippen LogP) is 3.28. The molecule has 6 heteroatoms. The van der Waals surface area contributed by atoms with Crippen LogP contribution < -0.4 is 10.6 Å². The Labute approximate surface area is 162 Å². The summed E-state index contributed by atoms with van der Waals surface area (Å²) < 4.78 is 0. The molecule has 2 aromatic rings. The lowest BCUT2D eigenvalue weighted by Gasteiger charge is -2.12. The van der Waals surface area contributed by atoms with Crippen molar-refractivity contribution >= 4 is 11.7 Å². The van der Waals surface area contributed by atoms with Crippen LogP contribution in [0.5, 0.6) is 0 Å². The molecular weight excluding hydrogens is 338 g/mol. The maximum absolute atomic E-state index is 12.5. The van der Waals surface area contributed by atoms with Gasteiger partial charge in [-0.1, -0.05) is 44.2 Å². The minimum absolute atomic E-state index is 0.161. The zero-order valence-corrected chi connectivity index (χ0v) is 16.8. The van der Waals surface area contributed by atoms with Gasteiger partial charge in [0.2, 0.25) is 0 Å². The van der Waals surface area contributed by atoms with Gasteiger partial charge >= 0.3 is 0 Å². The van der Waals surface area contributed by atoms with Crippen LogP contribution in [0.1, 0.15) is 37.2 Å². The average Bonchev–Trinajstić information content (AvgIpc) is 2.65. The van der Waals surface area contributed by atoms with Crippen molar-refractivity contribution in [2.45, 2.75) is 26.7 Å². The number of carbonyl (C=O) groups is 1. The molecule has 0 atom stereocenters. The Kier molecular flexibility index (Phi) is 8.20. The molecule has 0 fully saturated rings. The van der Waals surface area contributed by atoms with Crippen molar-refractivity contribution < 1.29 is 4.79 Å². The van der Waals surface area contributed by atoms with Crippen LogP contribution in [0.2, 0.25) is 0 Å². The lowest BCUT2D eigenvalue weighted by atomic mass is 10.1. The first kappa shape index (κ1) is 20.8. The van der Waals surface area contributed by atoms with Gasteiger partial charge in [-0.15, -0.1) is 0 Å². The van der Waals surface area contributed by atoms with Crippen molar-refractivity contribution in [2.75, 3.05) is 39.0 Å². The first-order valence-electron chi connectivity index (χ1n) is 9.57. The SMILES string of the molecule is CC(C)CCNC(=O)c1cc(NCCCN(C)C)nc(-c2ccccc2)n1. The van der Waals surface area contributed by atoms with Crippen LogP contribution >= 0.6 is 0 Å². The minimum atomic E-state index is -0.161. The van der Waals surface area contributed by atoms with E-state index >= 15 is 0 Å². The third-order valence-corrected chi connectivity index (χ3v) is 4.09. The molecule has 27 heavy (non-hydrogen) atoms. The Morgan fingerprint density at radius 2 is 1.85 bits per heavy atom. The molecule has 1 aromatic carbocycles. The maximum atomic E-state index is 12.5. The van der Waals surface area contributed by atoms with Gasteiger partial charge in [0.25, 0.3) is 5.91 Å². The van der Waals surface area contributed by atoms with Crippen molar-refractivity contribution in [2.24, 2.45) is 5.92 Å². The topological polar surface area (TPSA) is 70.2 Å². The number of amides is 1. The summed E-state index contributed by atoms with van der Waals surface area (Å²) in [4.78, 5) is 23.8. The van der Waals surface area contributed by atoms with Gasteiger partial charge in [-0.2, -0.15) is 0 Å². The quantitative estimate of drug-likeness (QED) is 0.629. The minimum Gasteiger partial charge on any atom is -0.370 e. The monoisotopic (exact) mass is 369 g/mol. The van der Waals surface area contributed by atoms with Gasteiger partial charge in [0, 0.05) is 24.7 Å². The number of hydrogen-bond acceptors (Lipinski definition) is 5. The van der Waals surface area contributed by atoms with E-state index in [-0.39, 0.29) is 5.91 Å². The first-order valence-corrected chi connectivity index (χ1v) is 9.57. The largest absolute Gasteiger partial charge is 0.370 e. The molecule has 1 heterocycles. The molecule has 0 unspecified atom stereocenters.